The summed E-state index contributed by atoms with van der Waals surface area (Å²) in [6.45, 7) is 4.02. The first-order chi connectivity index (χ1) is 8.19. The van der Waals surface area contributed by atoms with Crippen LogP contribution in [-0.2, 0) is 0 Å². The molecular weight excluding hydrogens is 220 g/mol. The lowest BCUT2D eigenvalue weighted by molar-refractivity contribution is 0.786. The van der Waals surface area contributed by atoms with Crippen molar-refractivity contribution in [3.63, 3.8) is 0 Å². The van der Waals surface area contributed by atoms with Gasteiger partial charge in [0.1, 0.15) is 12.7 Å². The van der Waals surface area contributed by atoms with Crippen LogP contribution in [0.1, 0.15) is 13.8 Å². The predicted molar refractivity (Wildman–Crippen MR) is 63.0 cm³/mol. The number of rotatable bonds is 4. The molecule has 0 saturated carbocycles. The van der Waals surface area contributed by atoms with Crippen LogP contribution >= 0.6 is 0 Å². The Hall–Kier alpha value is -2.25. The summed E-state index contributed by atoms with van der Waals surface area (Å²) < 4.78 is 1.48. The minimum absolute atomic E-state index is 0.241. The predicted octanol–water partition coefficient (Wildman–Crippen LogP) is 0.314. The highest BCUT2D eigenvalue weighted by Crippen LogP contribution is 2.08. The van der Waals surface area contributed by atoms with Crippen molar-refractivity contribution in [1.82, 2.24) is 29.7 Å². The molecule has 2 rings (SSSR count). The van der Waals surface area contributed by atoms with Crippen LogP contribution in [0, 0.1) is 0 Å². The van der Waals surface area contributed by atoms with Crippen LogP contribution in [0.15, 0.2) is 12.7 Å². The molecule has 2 aromatic rings. The Morgan fingerprint density at radius 2 is 1.94 bits per heavy atom. The van der Waals surface area contributed by atoms with Crippen molar-refractivity contribution < 1.29 is 0 Å². The number of hydrogen-bond donors (Lipinski definition) is 2. The van der Waals surface area contributed by atoms with Crippen molar-refractivity contribution in [2.24, 2.45) is 0 Å². The zero-order chi connectivity index (χ0) is 12.3. The molecule has 8 heteroatoms. The Bertz CT molecular complexity index is 478. The van der Waals surface area contributed by atoms with Crippen LogP contribution in [-0.4, -0.2) is 42.8 Å². The van der Waals surface area contributed by atoms with E-state index in [4.69, 9.17) is 0 Å². The first-order valence-electron chi connectivity index (χ1n) is 5.24. The first kappa shape index (κ1) is 11.2. The van der Waals surface area contributed by atoms with Gasteiger partial charge in [0.25, 0.3) is 5.95 Å². The molecule has 0 aliphatic heterocycles. The van der Waals surface area contributed by atoms with Crippen LogP contribution in [0.5, 0.6) is 0 Å². The van der Waals surface area contributed by atoms with Crippen LogP contribution in [0.4, 0.5) is 11.9 Å². The van der Waals surface area contributed by atoms with Gasteiger partial charge in [0, 0.05) is 13.1 Å². The average molecular weight is 234 g/mol. The summed E-state index contributed by atoms with van der Waals surface area (Å²) in [5.41, 5.74) is 0. The summed E-state index contributed by atoms with van der Waals surface area (Å²) in [6, 6.07) is 0.241. The summed E-state index contributed by atoms with van der Waals surface area (Å²) >= 11 is 0. The van der Waals surface area contributed by atoms with Crippen molar-refractivity contribution in [1.29, 1.82) is 0 Å². The molecule has 0 spiro atoms. The maximum absolute atomic E-state index is 4.25. The standard InChI is InChI=1S/C9H14N8/c1-6(2)13-8-14-7(10-3)15-9(16-8)17-5-11-4-12-17/h4-6H,1-3H3,(H2,10,13,14,15,16). The number of nitrogens with one attached hydrogen (secondary N) is 2. The SMILES string of the molecule is CNc1nc(NC(C)C)nc(-n2cncn2)n1. The molecule has 0 aliphatic rings. The van der Waals surface area contributed by atoms with E-state index >= 15 is 0 Å². The van der Waals surface area contributed by atoms with Gasteiger partial charge in [0.2, 0.25) is 11.9 Å². The molecule has 0 aromatic carbocycles. The maximum atomic E-state index is 4.25. The zero-order valence-electron chi connectivity index (χ0n) is 9.92. The highest BCUT2D eigenvalue weighted by atomic mass is 15.4. The lowest BCUT2D eigenvalue weighted by Crippen LogP contribution is -2.16. The minimum atomic E-state index is 0.241. The molecule has 0 radical (unpaired) electrons. The quantitative estimate of drug-likeness (QED) is 0.786. The van der Waals surface area contributed by atoms with E-state index in [0.717, 1.165) is 0 Å². The average Bonchev–Trinajstić information content (AvgIpc) is 2.81. The molecule has 90 valence electrons. The normalized spacial score (nSPS) is 10.6. The fourth-order valence-corrected chi connectivity index (χ4v) is 1.21. The third kappa shape index (κ3) is 2.65. The Labute approximate surface area is 98.5 Å². The Balaban J connectivity index is 2.38. The fourth-order valence-electron chi connectivity index (χ4n) is 1.21. The molecule has 0 unspecified atom stereocenters. The van der Waals surface area contributed by atoms with E-state index in [9.17, 15) is 0 Å². The van der Waals surface area contributed by atoms with E-state index in [1.807, 2.05) is 13.8 Å². The maximum Gasteiger partial charge on any atom is 0.258 e. The van der Waals surface area contributed by atoms with Crippen molar-refractivity contribution in [2.45, 2.75) is 19.9 Å². The second kappa shape index (κ2) is 4.73. The van der Waals surface area contributed by atoms with Crippen LogP contribution in [0.2, 0.25) is 0 Å². The third-order valence-electron chi connectivity index (χ3n) is 1.89. The second-order valence-electron chi connectivity index (χ2n) is 3.67. The number of hydrogen-bond acceptors (Lipinski definition) is 7. The van der Waals surface area contributed by atoms with E-state index in [1.165, 1.54) is 17.3 Å². The Morgan fingerprint density at radius 3 is 2.53 bits per heavy atom. The van der Waals surface area contributed by atoms with E-state index in [-0.39, 0.29) is 6.04 Å². The largest absolute Gasteiger partial charge is 0.357 e. The van der Waals surface area contributed by atoms with Crippen molar-refractivity contribution in [2.75, 3.05) is 17.7 Å². The number of nitrogens with zero attached hydrogens (tertiary/aromatic N) is 6. The van der Waals surface area contributed by atoms with Gasteiger partial charge in [-0.05, 0) is 13.8 Å². The van der Waals surface area contributed by atoms with Gasteiger partial charge >= 0.3 is 0 Å². The summed E-state index contributed by atoms with van der Waals surface area (Å²) in [5, 5.41) is 9.98. The summed E-state index contributed by atoms with van der Waals surface area (Å²) in [7, 11) is 1.75. The van der Waals surface area contributed by atoms with E-state index < -0.39 is 0 Å². The van der Waals surface area contributed by atoms with Gasteiger partial charge in [-0.2, -0.15) is 24.7 Å². The van der Waals surface area contributed by atoms with Gasteiger partial charge in [-0.25, -0.2) is 4.98 Å². The monoisotopic (exact) mass is 234 g/mol. The van der Waals surface area contributed by atoms with Gasteiger partial charge in [-0.15, -0.1) is 0 Å². The van der Waals surface area contributed by atoms with Crippen LogP contribution in [0.25, 0.3) is 5.95 Å². The lowest BCUT2D eigenvalue weighted by atomic mass is 10.4. The van der Waals surface area contributed by atoms with Crippen molar-refractivity contribution in [3.05, 3.63) is 12.7 Å². The molecular formula is C9H14N8. The molecule has 0 fully saturated rings. The van der Waals surface area contributed by atoms with Gasteiger partial charge in [-0.3, -0.25) is 0 Å². The van der Waals surface area contributed by atoms with Crippen molar-refractivity contribution in [3.8, 4) is 5.95 Å². The van der Waals surface area contributed by atoms with E-state index in [2.05, 4.69) is 35.7 Å². The van der Waals surface area contributed by atoms with Crippen LogP contribution < -0.4 is 10.6 Å². The van der Waals surface area contributed by atoms with E-state index in [0.29, 0.717) is 17.8 Å². The molecule has 0 saturated heterocycles. The molecule has 17 heavy (non-hydrogen) atoms. The van der Waals surface area contributed by atoms with Gasteiger partial charge < -0.3 is 10.6 Å². The van der Waals surface area contributed by atoms with Gasteiger partial charge in [0.15, 0.2) is 0 Å². The lowest BCUT2D eigenvalue weighted by Gasteiger charge is -2.10. The molecule has 0 bridgehead atoms. The zero-order valence-corrected chi connectivity index (χ0v) is 9.92. The first-order valence-corrected chi connectivity index (χ1v) is 5.24. The number of anilines is 2. The van der Waals surface area contributed by atoms with Gasteiger partial charge in [-0.1, -0.05) is 0 Å². The molecule has 0 amide bonds. The third-order valence-corrected chi connectivity index (χ3v) is 1.89. The molecule has 0 atom stereocenters. The summed E-state index contributed by atoms with van der Waals surface area (Å²) in [5.74, 6) is 1.41. The minimum Gasteiger partial charge on any atom is -0.357 e. The highest BCUT2D eigenvalue weighted by Gasteiger charge is 2.08. The molecule has 8 nitrogen and oxygen atoms in total. The van der Waals surface area contributed by atoms with Gasteiger partial charge in [0.05, 0.1) is 0 Å². The molecule has 2 heterocycles. The highest BCUT2D eigenvalue weighted by molar-refractivity contribution is 5.37. The van der Waals surface area contributed by atoms with Crippen molar-refractivity contribution >= 4 is 11.9 Å². The topological polar surface area (TPSA) is 93.4 Å². The fraction of sp³-hybridized carbons (Fsp3) is 0.444. The number of aromatic nitrogens is 6. The second-order valence-corrected chi connectivity index (χ2v) is 3.67. The molecule has 0 aliphatic carbocycles. The summed E-state index contributed by atoms with van der Waals surface area (Å²) in [6.07, 6.45) is 2.96. The molecule has 2 N–H and O–H groups in total. The van der Waals surface area contributed by atoms with Crippen LogP contribution in [0.3, 0.4) is 0 Å². The smallest absolute Gasteiger partial charge is 0.258 e. The summed E-state index contributed by atoms with van der Waals surface area (Å²) in [4.78, 5) is 16.5. The Morgan fingerprint density at radius 1 is 1.18 bits per heavy atom. The van der Waals surface area contributed by atoms with E-state index in [1.54, 1.807) is 7.05 Å². The Kier molecular flexibility index (Phi) is 3.12. The molecule has 2 aromatic heterocycles.